The van der Waals surface area contributed by atoms with Crippen LogP contribution in [-0.4, -0.2) is 23.3 Å². The van der Waals surface area contributed by atoms with Gasteiger partial charge in [-0.15, -0.1) is 0 Å². The van der Waals surface area contributed by atoms with Crippen LogP contribution in [0.5, 0.6) is 5.75 Å². The largest absolute Gasteiger partial charge is 0.482 e. The van der Waals surface area contributed by atoms with E-state index < -0.39 is 10.8 Å². The summed E-state index contributed by atoms with van der Waals surface area (Å²) in [6, 6.07) is 17.7. The molecule has 1 N–H and O–H groups in total. The molecule has 2 aromatic carbocycles. The van der Waals surface area contributed by atoms with Crippen LogP contribution in [0.2, 0.25) is 0 Å². The van der Waals surface area contributed by atoms with Crippen molar-refractivity contribution in [3.8, 4) is 5.75 Å². The first kappa shape index (κ1) is 20.3. The Bertz CT molecular complexity index is 1170. The fourth-order valence-corrected chi connectivity index (χ4v) is 3.82. The van der Waals surface area contributed by atoms with E-state index in [1.165, 1.54) is 18.2 Å². The van der Waals surface area contributed by atoms with Gasteiger partial charge in [0.25, 0.3) is 5.91 Å². The van der Waals surface area contributed by atoms with E-state index >= 15 is 0 Å². The topological polar surface area (TPSA) is 102 Å². The van der Waals surface area contributed by atoms with Crippen molar-refractivity contribution >= 4 is 45.6 Å². The van der Waals surface area contributed by atoms with E-state index in [0.717, 1.165) is 16.9 Å². The molecule has 4 rings (SSSR count). The van der Waals surface area contributed by atoms with Crippen LogP contribution in [0.1, 0.15) is 10.4 Å². The molecule has 3 aromatic rings. The van der Waals surface area contributed by atoms with Crippen LogP contribution in [0.15, 0.2) is 66.7 Å². The zero-order valence-electron chi connectivity index (χ0n) is 16.2. The summed E-state index contributed by atoms with van der Waals surface area (Å²) in [5, 5.41) is 13.5. The number of amides is 2. The van der Waals surface area contributed by atoms with Crippen LogP contribution < -0.4 is 15.0 Å². The number of nitro groups is 1. The monoisotopic (exact) mass is 435 g/mol. The number of benzene rings is 2. The first-order valence-electron chi connectivity index (χ1n) is 9.34. The van der Waals surface area contributed by atoms with Gasteiger partial charge in [-0.1, -0.05) is 41.7 Å². The third kappa shape index (κ3) is 4.78. The maximum absolute atomic E-state index is 12.5. The molecule has 0 saturated carbocycles. The predicted molar refractivity (Wildman–Crippen MR) is 118 cm³/mol. The lowest BCUT2D eigenvalue weighted by Gasteiger charge is -2.30. The highest BCUT2D eigenvalue weighted by Crippen LogP contribution is 2.35. The van der Waals surface area contributed by atoms with Crippen molar-refractivity contribution in [3.05, 3.63) is 87.3 Å². The Morgan fingerprint density at radius 1 is 1.19 bits per heavy atom. The highest BCUT2D eigenvalue weighted by Gasteiger charge is 2.26. The molecule has 0 fully saturated rings. The van der Waals surface area contributed by atoms with Crippen molar-refractivity contribution in [2.24, 2.45) is 0 Å². The molecule has 0 atom stereocenters. The molecule has 2 amide bonds. The van der Waals surface area contributed by atoms with E-state index in [-0.39, 0.29) is 17.5 Å². The minimum absolute atomic E-state index is 0.0120. The van der Waals surface area contributed by atoms with Gasteiger partial charge in [-0.2, -0.15) is 0 Å². The number of thiophene rings is 1. The van der Waals surface area contributed by atoms with Crippen molar-refractivity contribution in [3.63, 3.8) is 0 Å². The summed E-state index contributed by atoms with van der Waals surface area (Å²) in [4.78, 5) is 37.3. The van der Waals surface area contributed by atoms with Crippen LogP contribution in [0.4, 0.5) is 16.4 Å². The lowest BCUT2D eigenvalue weighted by molar-refractivity contribution is -0.380. The van der Waals surface area contributed by atoms with Gasteiger partial charge in [-0.05, 0) is 35.9 Å². The first-order valence-corrected chi connectivity index (χ1v) is 10.2. The number of nitrogens with zero attached hydrogens (tertiary/aromatic N) is 2. The maximum Gasteiger partial charge on any atom is 0.324 e. The van der Waals surface area contributed by atoms with Crippen molar-refractivity contribution in [1.29, 1.82) is 0 Å². The minimum Gasteiger partial charge on any atom is -0.482 e. The number of rotatable bonds is 6. The molecule has 156 valence electrons. The van der Waals surface area contributed by atoms with Crippen molar-refractivity contribution < 1.29 is 19.2 Å². The van der Waals surface area contributed by atoms with E-state index in [2.05, 4.69) is 5.32 Å². The van der Waals surface area contributed by atoms with Gasteiger partial charge in [0.05, 0.1) is 17.2 Å². The standard InChI is InChI=1S/C22H17N3O5S/c26-20(10-7-17-8-11-22(31-17)25(28)29)23-16-6-9-19-18(12-16)24(21(27)14-30-19)13-15-4-2-1-3-5-15/h1-12H,13-14H2,(H,23,26)/b10-7+. The molecule has 0 unspecified atom stereocenters. The normalized spacial score (nSPS) is 13.0. The lowest BCUT2D eigenvalue weighted by Crippen LogP contribution is -2.38. The number of nitrogens with one attached hydrogen (secondary N) is 1. The fourth-order valence-electron chi connectivity index (χ4n) is 3.09. The van der Waals surface area contributed by atoms with E-state index in [1.54, 1.807) is 29.2 Å². The molecule has 31 heavy (non-hydrogen) atoms. The van der Waals surface area contributed by atoms with Crippen LogP contribution in [0.3, 0.4) is 0 Å². The second-order valence-electron chi connectivity index (χ2n) is 6.69. The number of carbonyl (C=O) groups is 2. The molecule has 0 spiro atoms. The van der Waals surface area contributed by atoms with E-state index in [1.807, 2.05) is 30.3 Å². The van der Waals surface area contributed by atoms with Crippen molar-refractivity contribution in [2.45, 2.75) is 6.54 Å². The van der Waals surface area contributed by atoms with Gasteiger partial charge in [0.15, 0.2) is 6.61 Å². The zero-order valence-corrected chi connectivity index (χ0v) is 17.0. The van der Waals surface area contributed by atoms with Crippen molar-refractivity contribution in [1.82, 2.24) is 0 Å². The molecule has 2 heterocycles. The SMILES string of the molecule is O=C(/C=C/c1ccc([N+](=O)[O-])s1)Nc1ccc2c(c1)N(Cc1ccccc1)C(=O)CO2. The molecule has 1 aliphatic heterocycles. The van der Waals surface area contributed by atoms with Crippen LogP contribution >= 0.6 is 11.3 Å². The highest BCUT2D eigenvalue weighted by atomic mass is 32.1. The molecule has 0 aliphatic carbocycles. The van der Waals surface area contributed by atoms with Gasteiger partial charge in [0, 0.05) is 22.7 Å². The molecule has 0 bridgehead atoms. The van der Waals surface area contributed by atoms with Gasteiger partial charge in [-0.25, -0.2) is 0 Å². The lowest BCUT2D eigenvalue weighted by atomic mass is 10.1. The van der Waals surface area contributed by atoms with Gasteiger partial charge < -0.3 is 15.0 Å². The average Bonchev–Trinajstić information content (AvgIpc) is 3.25. The Kier molecular flexibility index (Phi) is 5.76. The second kappa shape index (κ2) is 8.80. The van der Waals surface area contributed by atoms with Crippen LogP contribution in [0.25, 0.3) is 6.08 Å². The van der Waals surface area contributed by atoms with Crippen LogP contribution in [0, 0.1) is 10.1 Å². The summed E-state index contributed by atoms with van der Waals surface area (Å²) in [6.45, 7) is 0.353. The van der Waals surface area contributed by atoms with Crippen LogP contribution in [-0.2, 0) is 16.1 Å². The molecule has 0 saturated heterocycles. The van der Waals surface area contributed by atoms with Gasteiger partial charge in [0.1, 0.15) is 5.75 Å². The Hall–Kier alpha value is -3.98. The summed E-state index contributed by atoms with van der Waals surface area (Å²) in [6.07, 6.45) is 2.82. The van der Waals surface area contributed by atoms with E-state index in [9.17, 15) is 19.7 Å². The number of carbonyl (C=O) groups excluding carboxylic acids is 2. The van der Waals surface area contributed by atoms with E-state index in [0.29, 0.717) is 28.5 Å². The van der Waals surface area contributed by atoms with E-state index in [4.69, 9.17) is 4.74 Å². The summed E-state index contributed by atoms with van der Waals surface area (Å²) in [5.74, 6) is 0.00245. The Labute approximate surface area is 181 Å². The molecular weight excluding hydrogens is 418 g/mol. The summed E-state index contributed by atoms with van der Waals surface area (Å²) < 4.78 is 5.52. The summed E-state index contributed by atoms with van der Waals surface area (Å²) in [5.41, 5.74) is 2.06. The van der Waals surface area contributed by atoms with Gasteiger partial charge >= 0.3 is 5.00 Å². The smallest absolute Gasteiger partial charge is 0.324 e. The summed E-state index contributed by atoms with van der Waals surface area (Å²) in [7, 11) is 0. The molecule has 9 heteroatoms. The minimum atomic E-state index is -0.472. The molecule has 0 radical (unpaired) electrons. The average molecular weight is 435 g/mol. The molecule has 1 aliphatic rings. The second-order valence-corrected chi connectivity index (χ2v) is 7.79. The maximum atomic E-state index is 12.5. The number of fused-ring (bicyclic) bond motifs is 1. The Morgan fingerprint density at radius 2 is 2.00 bits per heavy atom. The van der Waals surface area contributed by atoms with Crippen molar-refractivity contribution in [2.75, 3.05) is 16.8 Å². The quantitative estimate of drug-likeness (QED) is 0.355. The third-order valence-corrected chi connectivity index (χ3v) is 5.55. The molecule has 8 nitrogen and oxygen atoms in total. The fraction of sp³-hybridized carbons (Fsp3) is 0.0909. The highest BCUT2D eigenvalue weighted by molar-refractivity contribution is 7.16. The zero-order chi connectivity index (χ0) is 21.8. The first-order chi connectivity index (χ1) is 15.0. The molecule has 1 aromatic heterocycles. The Balaban J connectivity index is 1.50. The molecular formula is C22H17N3O5S. The Morgan fingerprint density at radius 3 is 2.74 bits per heavy atom. The number of hydrogen-bond donors (Lipinski definition) is 1. The number of ether oxygens (including phenoxy) is 1. The number of hydrogen-bond acceptors (Lipinski definition) is 6. The number of anilines is 2. The summed E-state index contributed by atoms with van der Waals surface area (Å²) >= 11 is 0.983. The third-order valence-electron chi connectivity index (χ3n) is 4.54. The van der Waals surface area contributed by atoms with Gasteiger partial charge in [-0.3, -0.25) is 19.7 Å². The predicted octanol–water partition coefficient (Wildman–Crippen LogP) is 4.23. The van der Waals surface area contributed by atoms with Gasteiger partial charge in [0.2, 0.25) is 5.91 Å².